The number of hydrogen-bond acceptors (Lipinski definition) is 3. The Morgan fingerprint density at radius 1 is 1.42 bits per heavy atom. The van der Waals surface area contributed by atoms with Gasteiger partial charge in [0.15, 0.2) is 0 Å². The number of nitrogens with one attached hydrogen (secondary N) is 1. The maximum atomic E-state index is 6.46. The molecule has 1 N–H and O–H groups in total. The lowest BCUT2D eigenvalue weighted by Gasteiger charge is -2.05. The molecule has 0 aromatic carbocycles. The largest absolute Gasteiger partial charge is 0.309 e. The van der Waals surface area contributed by atoms with Gasteiger partial charge in [0.05, 0.1) is 17.9 Å². The van der Waals surface area contributed by atoms with Crippen molar-refractivity contribution in [3.63, 3.8) is 0 Å². The third-order valence-corrected chi connectivity index (χ3v) is 0.954. The van der Waals surface area contributed by atoms with Crippen molar-refractivity contribution in [1.29, 1.82) is 5.41 Å². The Labute approximate surface area is 83.9 Å². The molecule has 0 saturated carbocycles. The zero-order valence-electron chi connectivity index (χ0n) is 7.48. The van der Waals surface area contributed by atoms with Crippen molar-refractivity contribution in [1.82, 2.24) is 4.90 Å². The Bertz CT molecular complexity index is 122. The number of alkyl halides is 2. The van der Waals surface area contributed by atoms with Gasteiger partial charge in [-0.25, -0.2) is 10.4 Å². The number of rotatable bonds is 4. The highest BCUT2D eigenvalue weighted by Gasteiger charge is 1.86. The summed E-state index contributed by atoms with van der Waals surface area (Å²) in [6.45, 7) is 1.76. The minimum absolute atomic E-state index is 0.194. The standard InChI is InChI=1S/C6H13N3.CH2Cl2/c1-9(2)5-3-4-8-6-7;2-1-3/h7H,3-5H2,1-2H3;1H2. The second-order valence-corrected chi connectivity index (χ2v) is 3.06. The molecule has 0 aliphatic heterocycles. The van der Waals surface area contributed by atoms with E-state index in [1.165, 1.54) is 0 Å². The van der Waals surface area contributed by atoms with Crippen LogP contribution in [-0.4, -0.2) is 43.4 Å². The first-order valence-corrected chi connectivity index (χ1v) is 4.60. The van der Waals surface area contributed by atoms with Crippen LogP contribution in [0.25, 0.3) is 0 Å². The summed E-state index contributed by atoms with van der Waals surface area (Å²) in [7, 11) is 4.04. The van der Waals surface area contributed by atoms with Gasteiger partial charge >= 0.3 is 0 Å². The van der Waals surface area contributed by atoms with E-state index in [2.05, 4.69) is 9.89 Å². The lowest BCUT2D eigenvalue weighted by Crippen LogP contribution is -2.13. The Balaban J connectivity index is 0. The summed E-state index contributed by atoms with van der Waals surface area (Å²) >= 11 is 9.53. The van der Waals surface area contributed by atoms with E-state index in [0.29, 0.717) is 0 Å². The van der Waals surface area contributed by atoms with Crippen molar-refractivity contribution in [2.45, 2.75) is 6.42 Å². The number of hydrogen-bond donors (Lipinski definition) is 1. The van der Waals surface area contributed by atoms with Gasteiger partial charge in [0.1, 0.15) is 0 Å². The number of aliphatic imine (C=N–C) groups is 1. The normalized spacial score (nSPS) is 8.42. The molecule has 0 aliphatic carbocycles. The summed E-state index contributed by atoms with van der Waals surface area (Å²) in [6, 6.07) is 2.00. The van der Waals surface area contributed by atoms with Crippen LogP contribution in [0.5, 0.6) is 0 Å². The highest BCUT2D eigenvalue weighted by atomic mass is 35.5. The molecule has 0 fully saturated rings. The van der Waals surface area contributed by atoms with Crippen LogP contribution in [-0.2, 0) is 0 Å². The smallest absolute Gasteiger partial charge is 0.0967 e. The highest BCUT2D eigenvalue weighted by molar-refractivity contribution is 6.40. The van der Waals surface area contributed by atoms with Crippen LogP contribution in [0.2, 0.25) is 0 Å². The zero-order chi connectivity index (χ0) is 9.82. The van der Waals surface area contributed by atoms with Gasteiger partial charge in [0.2, 0.25) is 0 Å². The monoisotopic (exact) mass is 211 g/mol. The lowest BCUT2D eigenvalue weighted by atomic mass is 10.4. The first-order valence-electron chi connectivity index (χ1n) is 3.54. The van der Waals surface area contributed by atoms with Crippen LogP contribution >= 0.6 is 23.2 Å². The van der Waals surface area contributed by atoms with E-state index in [1.54, 1.807) is 0 Å². The fourth-order valence-corrected chi connectivity index (χ4v) is 0.522. The topological polar surface area (TPSA) is 39.5 Å². The van der Waals surface area contributed by atoms with Crippen LogP contribution in [0.1, 0.15) is 6.42 Å². The summed E-state index contributed by atoms with van der Waals surface area (Å²) in [5, 5.41) is 6.65. The molecule has 0 unspecified atom stereocenters. The molecule has 5 heteroatoms. The van der Waals surface area contributed by atoms with Gasteiger partial charge in [0.25, 0.3) is 0 Å². The van der Waals surface area contributed by atoms with Crippen molar-refractivity contribution >= 4 is 29.2 Å². The molecular formula is C7H15Cl2N3. The predicted octanol–water partition coefficient (Wildman–Crippen LogP) is 2.11. The molecule has 0 radical (unpaired) electrons. The van der Waals surface area contributed by atoms with Crippen molar-refractivity contribution in [3.05, 3.63) is 0 Å². The zero-order valence-corrected chi connectivity index (χ0v) is 8.99. The molecule has 0 rings (SSSR count). The molecule has 3 nitrogen and oxygen atoms in total. The summed E-state index contributed by atoms with van der Waals surface area (Å²) in [5.74, 6) is 0. The number of nitrogens with zero attached hydrogens (tertiary/aromatic N) is 2. The van der Waals surface area contributed by atoms with Crippen molar-refractivity contribution in [2.24, 2.45) is 4.99 Å². The van der Waals surface area contributed by atoms with E-state index >= 15 is 0 Å². The highest BCUT2D eigenvalue weighted by Crippen LogP contribution is 1.82. The van der Waals surface area contributed by atoms with Gasteiger partial charge in [-0.2, -0.15) is 0 Å². The molecular weight excluding hydrogens is 197 g/mol. The second kappa shape index (κ2) is 13.5. The molecule has 72 valence electrons. The molecule has 0 spiro atoms. The summed E-state index contributed by atoms with van der Waals surface area (Å²) in [4.78, 5) is 5.73. The summed E-state index contributed by atoms with van der Waals surface area (Å²) < 4.78 is 0. The van der Waals surface area contributed by atoms with Gasteiger partial charge in [-0.1, -0.05) is 0 Å². The Morgan fingerprint density at radius 2 is 1.92 bits per heavy atom. The van der Waals surface area contributed by atoms with Gasteiger partial charge in [0, 0.05) is 0 Å². The van der Waals surface area contributed by atoms with Crippen LogP contribution in [0.4, 0.5) is 0 Å². The van der Waals surface area contributed by atoms with Gasteiger partial charge in [-0.15, -0.1) is 23.2 Å². The maximum Gasteiger partial charge on any atom is 0.0967 e. The maximum absolute atomic E-state index is 6.46. The average molecular weight is 212 g/mol. The molecule has 0 amide bonds. The molecule has 0 aliphatic rings. The minimum atomic E-state index is 0.194. The van der Waals surface area contributed by atoms with Crippen LogP contribution in [0.3, 0.4) is 0 Å². The first-order chi connectivity index (χ1) is 5.68. The quantitative estimate of drug-likeness (QED) is 0.432. The van der Waals surface area contributed by atoms with E-state index in [0.717, 1.165) is 19.5 Å². The lowest BCUT2D eigenvalue weighted by molar-refractivity contribution is 0.403. The van der Waals surface area contributed by atoms with Gasteiger partial charge in [-0.3, -0.25) is 0 Å². The predicted molar refractivity (Wildman–Crippen MR) is 54.8 cm³/mol. The molecule has 0 aromatic rings. The Kier molecular flexibility index (Phi) is 16.3. The summed E-state index contributed by atoms with van der Waals surface area (Å²) in [5.41, 5.74) is 0. The average Bonchev–Trinajstić information content (AvgIpc) is 1.99. The Morgan fingerprint density at radius 3 is 2.25 bits per heavy atom. The third-order valence-electron chi connectivity index (χ3n) is 0.954. The van der Waals surface area contributed by atoms with E-state index < -0.39 is 0 Å². The Hall–Kier alpha value is -0.0800. The SMILES string of the molecule is CN(C)CCCN=C=N.ClCCl. The van der Waals surface area contributed by atoms with Crippen LogP contribution < -0.4 is 0 Å². The first kappa shape index (κ1) is 14.4. The van der Waals surface area contributed by atoms with Gasteiger partial charge in [-0.05, 0) is 27.1 Å². The van der Waals surface area contributed by atoms with E-state index in [4.69, 9.17) is 28.6 Å². The van der Waals surface area contributed by atoms with Crippen molar-refractivity contribution in [2.75, 3.05) is 32.5 Å². The molecule has 0 heterocycles. The van der Waals surface area contributed by atoms with Crippen LogP contribution in [0, 0.1) is 5.41 Å². The molecule has 12 heavy (non-hydrogen) atoms. The van der Waals surface area contributed by atoms with E-state index in [1.807, 2.05) is 20.1 Å². The van der Waals surface area contributed by atoms with Crippen molar-refractivity contribution in [3.8, 4) is 0 Å². The minimum Gasteiger partial charge on any atom is -0.309 e. The summed E-state index contributed by atoms with van der Waals surface area (Å²) in [6.07, 6.45) is 1.01. The molecule has 0 bridgehead atoms. The van der Waals surface area contributed by atoms with Crippen molar-refractivity contribution < 1.29 is 0 Å². The number of halogens is 2. The third kappa shape index (κ3) is 22.5. The van der Waals surface area contributed by atoms with E-state index in [-0.39, 0.29) is 5.34 Å². The van der Waals surface area contributed by atoms with E-state index in [9.17, 15) is 0 Å². The second-order valence-electron chi connectivity index (χ2n) is 2.25. The molecule has 0 aromatic heterocycles. The molecule has 0 saturated heterocycles. The fraction of sp³-hybridized carbons (Fsp3) is 0.857. The van der Waals surface area contributed by atoms with Gasteiger partial charge < -0.3 is 4.90 Å². The molecule has 0 atom stereocenters. The van der Waals surface area contributed by atoms with Crippen LogP contribution in [0.15, 0.2) is 4.99 Å². The fourth-order valence-electron chi connectivity index (χ4n) is 0.522.